The van der Waals surface area contributed by atoms with Crippen molar-refractivity contribution in [3.8, 4) is 5.75 Å². The Bertz CT molecular complexity index is 582. The second-order valence-corrected chi connectivity index (χ2v) is 7.33. The molecule has 6 heteroatoms. The van der Waals surface area contributed by atoms with Gasteiger partial charge in [-0.1, -0.05) is 30.5 Å². The number of amides is 1. The van der Waals surface area contributed by atoms with E-state index >= 15 is 0 Å². The molecule has 1 aromatic carbocycles. The minimum Gasteiger partial charge on any atom is -0.492 e. The van der Waals surface area contributed by atoms with Gasteiger partial charge in [-0.2, -0.15) is 0 Å². The van der Waals surface area contributed by atoms with E-state index in [1.54, 1.807) is 6.07 Å². The Labute approximate surface area is 154 Å². The van der Waals surface area contributed by atoms with E-state index in [2.05, 4.69) is 0 Å². The summed E-state index contributed by atoms with van der Waals surface area (Å²) in [6.45, 7) is 3.01. The molecule has 2 aliphatic rings. The van der Waals surface area contributed by atoms with Crippen LogP contribution in [0.25, 0.3) is 0 Å². The van der Waals surface area contributed by atoms with Gasteiger partial charge < -0.3 is 14.4 Å². The predicted molar refractivity (Wildman–Crippen MR) is 98.2 cm³/mol. The van der Waals surface area contributed by atoms with Crippen LogP contribution in [-0.2, 0) is 9.53 Å². The first-order chi connectivity index (χ1) is 12.1. The van der Waals surface area contributed by atoms with Crippen LogP contribution in [0.2, 0.25) is 5.02 Å². The fraction of sp³-hybridized carbons (Fsp3) is 0.632. The van der Waals surface area contributed by atoms with Gasteiger partial charge in [0.15, 0.2) is 0 Å². The molecule has 2 fully saturated rings. The highest BCUT2D eigenvalue weighted by Crippen LogP contribution is 2.28. The Morgan fingerprint density at radius 2 is 2.24 bits per heavy atom. The summed E-state index contributed by atoms with van der Waals surface area (Å²) in [6.07, 6.45) is 4.79. The molecule has 2 atom stereocenters. The molecule has 0 spiro atoms. The zero-order chi connectivity index (χ0) is 17.6. The number of carbonyl (C=O) groups excluding carboxylic acids is 1. The number of morpholine rings is 1. The average molecular weight is 367 g/mol. The van der Waals surface area contributed by atoms with Crippen LogP contribution in [0.1, 0.15) is 25.7 Å². The third-order valence-corrected chi connectivity index (χ3v) is 5.23. The van der Waals surface area contributed by atoms with E-state index in [9.17, 15) is 4.79 Å². The minimum atomic E-state index is 0.199. The Morgan fingerprint density at radius 1 is 1.40 bits per heavy atom. The van der Waals surface area contributed by atoms with Gasteiger partial charge in [0, 0.05) is 18.1 Å². The lowest BCUT2D eigenvalue weighted by atomic mass is 9.90. The third-order valence-electron chi connectivity index (χ3n) is 5.00. The highest BCUT2D eigenvalue weighted by Gasteiger charge is 2.36. The molecule has 1 aliphatic heterocycles. The molecule has 0 bridgehead atoms. The fourth-order valence-corrected chi connectivity index (χ4v) is 3.86. The van der Waals surface area contributed by atoms with Gasteiger partial charge >= 0.3 is 0 Å². The van der Waals surface area contributed by atoms with Crippen molar-refractivity contribution in [2.24, 2.45) is 0 Å². The SMILES string of the molecule is CN(CCOc1cccc(Cl)c1)CC(=O)N1CCOC2CCCCC21. The zero-order valence-electron chi connectivity index (χ0n) is 14.8. The Kier molecular flexibility index (Phi) is 6.57. The minimum absolute atomic E-state index is 0.199. The maximum Gasteiger partial charge on any atom is 0.237 e. The van der Waals surface area contributed by atoms with Crippen LogP contribution in [-0.4, -0.2) is 67.7 Å². The van der Waals surface area contributed by atoms with Crippen molar-refractivity contribution in [3.63, 3.8) is 0 Å². The van der Waals surface area contributed by atoms with E-state index in [0.29, 0.717) is 37.9 Å². The molecule has 138 valence electrons. The second-order valence-electron chi connectivity index (χ2n) is 6.89. The number of rotatable bonds is 6. The first-order valence-electron chi connectivity index (χ1n) is 9.11. The van der Waals surface area contributed by atoms with Crippen molar-refractivity contribution in [2.75, 3.05) is 39.9 Å². The number of hydrogen-bond donors (Lipinski definition) is 0. The van der Waals surface area contributed by atoms with E-state index in [1.807, 2.05) is 35.0 Å². The number of nitrogens with zero attached hydrogens (tertiary/aromatic N) is 2. The van der Waals surface area contributed by atoms with E-state index in [4.69, 9.17) is 21.1 Å². The molecule has 1 aromatic rings. The molecule has 5 nitrogen and oxygen atoms in total. The maximum atomic E-state index is 12.7. The first-order valence-corrected chi connectivity index (χ1v) is 9.49. The average Bonchev–Trinajstić information content (AvgIpc) is 2.61. The number of carbonyl (C=O) groups is 1. The smallest absolute Gasteiger partial charge is 0.237 e. The summed E-state index contributed by atoms with van der Waals surface area (Å²) in [7, 11) is 1.96. The van der Waals surface area contributed by atoms with Crippen LogP contribution in [0.15, 0.2) is 24.3 Å². The van der Waals surface area contributed by atoms with Crippen LogP contribution >= 0.6 is 11.6 Å². The summed E-state index contributed by atoms with van der Waals surface area (Å²) < 4.78 is 11.6. The van der Waals surface area contributed by atoms with E-state index in [1.165, 1.54) is 12.8 Å². The van der Waals surface area contributed by atoms with Gasteiger partial charge in [0.05, 0.1) is 25.3 Å². The number of halogens is 1. The molecule has 3 rings (SSSR count). The number of benzene rings is 1. The van der Waals surface area contributed by atoms with Gasteiger partial charge in [-0.25, -0.2) is 0 Å². The van der Waals surface area contributed by atoms with Gasteiger partial charge in [-0.05, 0) is 38.1 Å². The molecule has 1 heterocycles. The fourth-order valence-electron chi connectivity index (χ4n) is 3.68. The van der Waals surface area contributed by atoms with Crippen LogP contribution in [0, 0.1) is 0 Å². The van der Waals surface area contributed by atoms with Gasteiger partial charge in [-0.15, -0.1) is 0 Å². The molecule has 2 unspecified atom stereocenters. The van der Waals surface area contributed by atoms with Crippen molar-refractivity contribution in [2.45, 2.75) is 37.8 Å². The second kappa shape index (κ2) is 8.88. The van der Waals surface area contributed by atoms with Crippen LogP contribution in [0.3, 0.4) is 0 Å². The van der Waals surface area contributed by atoms with Crippen LogP contribution < -0.4 is 4.74 Å². The lowest BCUT2D eigenvalue weighted by molar-refractivity contribution is -0.150. The van der Waals surface area contributed by atoms with Crippen molar-refractivity contribution in [1.29, 1.82) is 0 Å². The lowest BCUT2D eigenvalue weighted by Crippen LogP contribution is -2.56. The number of likely N-dealkylation sites (N-methyl/N-ethyl adjacent to an activating group) is 1. The molecular formula is C19H27ClN2O3. The molecule has 1 saturated carbocycles. The molecule has 1 saturated heterocycles. The van der Waals surface area contributed by atoms with Crippen molar-refractivity contribution < 1.29 is 14.3 Å². The molecule has 25 heavy (non-hydrogen) atoms. The molecule has 1 aliphatic carbocycles. The zero-order valence-corrected chi connectivity index (χ0v) is 15.6. The number of ether oxygens (including phenoxy) is 2. The van der Waals surface area contributed by atoms with Crippen LogP contribution in [0.4, 0.5) is 0 Å². The van der Waals surface area contributed by atoms with Crippen molar-refractivity contribution in [1.82, 2.24) is 9.80 Å². The molecule has 0 N–H and O–H groups in total. The monoisotopic (exact) mass is 366 g/mol. The highest BCUT2D eigenvalue weighted by molar-refractivity contribution is 6.30. The standard InChI is InChI=1S/C19H27ClN2O3/c1-21(9-11-24-16-6-4-5-15(20)13-16)14-19(23)22-10-12-25-18-8-3-2-7-17(18)22/h4-6,13,17-18H,2-3,7-12,14H2,1H3. The summed E-state index contributed by atoms with van der Waals surface area (Å²) in [6, 6.07) is 7.63. The predicted octanol–water partition coefficient (Wildman–Crippen LogP) is 2.82. The highest BCUT2D eigenvalue weighted by atomic mass is 35.5. The lowest BCUT2D eigenvalue weighted by Gasteiger charge is -2.44. The third kappa shape index (κ3) is 5.09. The first kappa shape index (κ1) is 18.5. The van der Waals surface area contributed by atoms with Gasteiger partial charge in [0.2, 0.25) is 5.91 Å². The summed E-state index contributed by atoms with van der Waals surface area (Å²) in [5, 5.41) is 0.662. The van der Waals surface area contributed by atoms with E-state index in [-0.39, 0.29) is 18.1 Å². The summed E-state index contributed by atoms with van der Waals surface area (Å²) in [4.78, 5) is 16.8. The number of fused-ring (bicyclic) bond motifs is 1. The van der Waals surface area contributed by atoms with Crippen molar-refractivity contribution in [3.05, 3.63) is 29.3 Å². The summed E-state index contributed by atoms with van der Waals surface area (Å²) in [5.41, 5.74) is 0. The molecular weight excluding hydrogens is 340 g/mol. The normalized spacial score (nSPS) is 23.4. The molecule has 1 amide bonds. The topological polar surface area (TPSA) is 42.0 Å². The van der Waals surface area contributed by atoms with Crippen LogP contribution in [0.5, 0.6) is 5.75 Å². The molecule has 0 radical (unpaired) electrons. The maximum absolute atomic E-state index is 12.7. The van der Waals surface area contributed by atoms with Crippen molar-refractivity contribution >= 4 is 17.5 Å². The Balaban J connectivity index is 1.43. The Hall–Kier alpha value is -1.30. The Morgan fingerprint density at radius 3 is 3.08 bits per heavy atom. The van der Waals surface area contributed by atoms with E-state index in [0.717, 1.165) is 18.6 Å². The van der Waals surface area contributed by atoms with Gasteiger partial charge in [0.1, 0.15) is 12.4 Å². The molecule has 0 aromatic heterocycles. The summed E-state index contributed by atoms with van der Waals surface area (Å²) in [5.74, 6) is 0.955. The van der Waals surface area contributed by atoms with Gasteiger partial charge in [-0.3, -0.25) is 9.69 Å². The van der Waals surface area contributed by atoms with Gasteiger partial charge in [0.25, 0.3) is 0 Å². The number of hydrogen-bond acceptors (Lipinski definition) is 4. The quantitative estimate of drug-likeness (QED) is 0.776. The summed E-state index contributed by atoms with van der Waals surface area (Å²) >= 11 is 5.95. The van der Waals surface area contributed by atoms with E-state index < -0.39 is 0 Å². The largest absolute Gasteiger partial charge is 0.492 e.